The van der Waals surface area contributed by atoms with Gasteiger partial charge in [0, 0.05) is 0 Å². The Morgan fingerprint density at radius 2 is 1.95 bits per heavy atom. The molecule has 0 spiro atoms. The van der Waals surface area contributed by atoms with E-state index >= 15 is 0 Å². The summed E-state index contributed by atoms with van der Waals surface area (Å²) in [5.41, 5.74) is 0.425. The minimum Gasteiger partial charge on any atom is -0.490 e. The average Bonchev–Trinajstić information content (AvgIpc) is 2.26. The number of ether oxygens (including phenoxy) is 2. The number of rotatable bonds is 4. The Morgan fingerprint density at radius 1 is 1.32 bits per heavy atom. The summed E-state index contributed by atoms with van der Waals surface area (Å²) in [5.74, 6) is 0.0277. The van der Waals surface area contributed by atoms with Gasteiger partial charge in [-0.3, -0.25) is 0 Å². The van der Waals surface area contributed by atoms with Crippen molar-refractivity contribution in [3.63, 3.8) is 0 Å². The van der Waals surface area contributed by atoms with Crippen molar-refractivity contribution in [1.29, 1.82) is 0 Å². The first-order chi connectivity index (χ1) is 8.73. The number of esters is 1. The zero-order chi connectivity index (χ0) is 14.6. The first-order valence-corrected chi connectivity index (χ1v) is 6.36. The zero-order valence-electron chi connectivity index (χ0n) is 12.2. The molecule has 4 heteroatoms. The van der Waals surface area contributed by atoms with E-state index in [9.17, 15) is 4.79 Å². The molecule has 1 N–H and O–H groups in total. The summed E-state index contributed by atoms with van der Waals surface area (Å²) in [5, 5.41) is 9.16. The Balaban J connectivity index is 3.10. The third kappa shape index (κ3) is 4.91. The van der Waals surface area contributed by atoms with Gasteiger partial charge >= 0.3 is 5.97 Å². The van der Waals surface area contributed by atoms with Gasteiger partial charge in [-0.05, 0) is 52.3 Å². The summed E-state index contributed by atoms with van der Waals surface area (Å²) < 4.78 is 10.9. The van der Waals surface area contributed by atoms with Crippen LogP contribution in [0.15, 0.2) is 18.2 Å². The average molecular weight is 266 g/mol. The van der Waals surface area contributed by atoms with Gasteiger partial charge in [0.15, 0.2) is 0 Å². The lowest BCUT2D eigenvalue weighted by molar-refractivity contribution is 0.00647. The molecular weight excluding hydrogens is 244 g/mol. The van der Waals surface area contributed by atoms with Crippen LogP contribution in [0.1, 0.15) is 50.5 Å². The molecule has 1 rings (SSSR count). The lowest BCUT2D eigenvalue weighted by Crippen LogP contribution is -2.24. The number of hydrogen-bond donors (Lipinski definition) is 1. The number of carbonyl (C=O) groups excluding carboxylic acids is 1. The fourth-order valence-electron chi connectivity index (χ4n) is 1.52. The maximum atomic E-state index is 12.1. The molecule has 0 atom stereocenters. The first kappa shape index (κ1) is 15.5. The minimum atomic E-state index is -0.568. The Hall–Kier alpha value is -1.55. The largest absolute Gasteiger partial charge is 0.490 e. The van der Waals surface area contributed by atoms with Crippen LogP contribution in [0, 0.1) is 0 Å². The van der Waals surface area contributed by atoms with Crippen molar-refractivity contribution in [3.05, 3.63) is 29.3 Å². The molecule has 1 aromatic carbocycles. The van der Waals surface area contributed by atoms with Crippen LogP contribution in [0.4, 0.5) is 0 Å². The number of aliphatic hydroxyl groups is 1. The molecule has 1 aromatic rings. The van der Waals surface area contributed by atoms with E-state index in [1.165, 1.54) is 0 Å². The van der Waals surface area contributed by atoms with Crippen molar-refractivity contribution >= 4 is 5.97 Å². The van der Waals surface area contributed by atoms with Crippen molar-refractivity contribution in [2.75, 3.05) is 0 Å². The van der Waals surface area contributed by atoms with Gasteiger partial charge in [0.05, 0.1) is 12.7 Å². The molecule has 0 aromatic heterocycles. The van der Waals surface area contributed by atoms with Gasteiger partial charge in [-0.2, -0.15) is 0 Å². The van der Waals surface area contributed by atoms with E-state index in [0.717, 1.165) is 0 Å². The molecule has 19 heavy (non-hydrogen) atoms. The van der Waals surface area contributed by atoms with Gasteiger partial charge in [-0.25, -0.2) is 4.79 Å². The summed E-state index contributed by atoms with van der Waals surface area (Å²) in [4.78, 5) is 12.1. The molecule has 106 valence electrons. The van der Waals surface area contributed by atoms with Gasteiger partial charge in [-0.15, -0.1) is 0 Å². The van der Waals surface area contributed by atoms with Gasteiger partial charge in [-0.1, -0.05) is 6.07 Å². The molecule has 4 nitrogen and oxygen atoms in total. The maximum Gasteiger partial charge on any atom is 0.342 e. The second-order valence-electron chi connectivity index (χ2n) is 5.66. The van der Waals surface area contributed by atoms with Gasteiger partial charge < -0.3 is 14.6 Å². The number of hydrogen-bond acceptors (Lipinski definition) is 4. The van der Waals surface area contributed by atoms with Crippen LogP contribution in [-0.4, -0.2) is 22.8 Å². The van der Waals surface area contributed by atoms with Gasteiger partial charge in [0.1, 0.15) is 16.9 Å². The Kier molecular flexibility index (Phi) is 4.95. The highest BCUT2D eigenvalue weighted by Crippen LogP contribution is 2.24. The van der Waals surface area contributed by atoms with Crippen molar-refractivity contribution in [2.45, 2.75) is 52.9 Å². The third-order valence-electron chi connectivity index (χ3n) is 2.21. The van der Waals surface area contributed by atoms with Crippen LogP contribution >= 0.6 is 0 Å². The molecule has 0 aliphatic carbocycles. The topological polar surface area (TPSA) is 55.8 Å². The van der Waals surface area contributed by atoms with E-state index in [4.69, 9.17) is 14.6 Å². The SMILES string of the molecule is CC(C)Oc1ccc(CO)cc1C(=O)OC(C)(C)C. The van der Waals surface area contributed by atoms with E-state index in [1.807, 2.05) is 34.6 Å². The van der Waals surface area contributed by atoms with Crippen LogP contribution < -0.4 is 4.74 Å². The van der Waals surface area contributed by atoms with Crippen molar-refractivity contribution in [3.8, 4) is 5.75 Å². The maximum absolute atomic E-state index is 12.1. The predicted octanol–water partition coefficient (Wildman–Crippen LogP) is 2.92. The van der Waals surface area contributed by atoms with E-state index in [0.29, 0.717) is 16.9 Å². The second kappa shape index (κ2) is 6.06. The van der Waals surface area contributed by atoms with Crippen LogP contribution in [-0.2, 0) is 11.3 Å². The van der Waals surface area contributed by atoms with Crippen LogP contribution in [0.25, 0.3) is 0 Å². The van der Waals surface area contributed by atoms with Crippen LogP contribution in [0.2, 0.25) is 0 Å². The normalized spacial score (nSPS) is 11.5. The summed E-state index contributed by atoms with van der Waals surface area (Å²) in [7, 11) is 0. The first-order valence-electron chi connectivity index (χ1n) is 6.36. The number of aliphatic hydroxyl groups excluding tert-OH is 1. The highest BCUT2D eigenvalue weighted by atomic mass is 16.6. The Morgan fingerprint density at radius 3 is 2.42 bits per heavy atom. The summed E-state index contributed by atoms with van der Waals surface area (Å²) in [6.07, 6.45) is -0.0406. The molecule has 0 radical (unpaired) electrons. The van der Waals surface area contributed by atoms with Crippen molar-refractivity contribution < 1.29 is 19.4 Å². The van der Waals surface area contributed by atoms with E-state index in [2.05, 4.69) is 0 Å². The smallest absolute Gasteiger partial charge is 0.342 e. The molecule has 0 aliphatic heterocycles. The molecule has 0 bridgehead atoms. The quantitative estimate of drug-likeness (QED) is 0.851. The summed E-state index contributed by atoms with van der Waals surface area (Å²) in [6, 6.07) is 5.02. The highest BCUT2D eigenvalue weighted by molar-refractivity contribution is 5.93. The Bertz CT molecular complexity index is 444. The van der Waals surface area contributed by atoms with Gasteiger partial charge in [0.2, 0.25) is 0 Å². The molecule has 0 saturated heterocycles. The lowest BCUT2D eigenvalue weighted by Gasteiger charge is -2.21. The van der Waals surface area contributed by atoms with Gasteiger partial charge in [0.25, 0.3) is 0 Å². The molecule has 0 saturated carbocycles. The molecule has 0 heterocycles. The van der Waals surface area contributed by atoms with E-state index < -0.39 is 11.6 Å². The van der Waals surface area contributed by atoms with Crippen molar-refractivity contribution in [2.24, 2.45) is 0 Å². The van der Waals surface area contributed by atoms with Crippen LogP contribution in [0.5, 0.6) is 5.75 Å². The second-order valence-corrected chi connectivity index (χ2v) is 5.66. The molecule has 0 amide bonds. The van der Waals surface area contributed by atoms with Crippen LogP contribution in [0.3, 0.4) is 0 Å². The fourth-order valence-corrected chi connectivity index (χ4v) is 1.52. The standard InChI is InChI=1S/C15H22O4/c1-10(2)18-13-7-6-11(9-16)8-12(13)14(17)19-15(3,4)5/h6-8,10,16H,9H2,1-5H3. The third-order valence-corrected chi connectivity index (χ3v) is 2.21. The van der Waals surface area contributed by atoms with E-state index in [1.54, 1.807) is 18.2 Å². The van der Waals surface area contributed by atoms with E-state index in [-0.39, 0.29) is 12.7 Å². The fraction of sp³-hybridized carbons (Fsp3) is 0.533. The van der Waals surface area contributed by atoms with Crippen molar-refractivity contribution in [1.82, 2.24) is 0 Å². The monoisotopic (exact) mass is 266 g/mol. The number of carbonyl (C=O) groups is 1. The number of benzene rings is 1. The summed E-state index contributed by atoms with van der Waals surface area (Å²) >= 11 is 0. The predicted molar refractivity (Wildman–Crippen MR) is 73.3 cm³/mol. The molecule has 0 unspecified atom stereocenters. The molecule has 0 fully saturated rings. The molecule has 0 aliphatic rings. The lowest BCUT2D eigenvalue weighted by atomic mass is 10.1. The zero-order valence-corrected chi connectivity index (χ0v) is 12.2. The highest BCUT2D eigenvalue weighted by Gasteiger charge is 2.21. The molecular formula is C15H22O4. The Labute approximate surface area is 114 Å². The minimum absolute atomic E-state index is 0.0406. The summed E-state index contributed by atoms with van der Waals surface area (Å²) in [6.45, 7) is 9.08.